The number of morpholine rings is 1. The molecular weight excluding hydrogens is 418 g/mol. The molecule has 1 aromatic heterocycles. The Morgan fingerprint density at radius 2 is 1.82 bits per heavy atom. The van der Waals surface area contributed by atoms with E-state index in [1.807, 2.05) is 55.5 Å². The molecule has 2 heterocycles. The molecule has 0 bridgehead atoms. The molecule has 1 fully saturated rings. The smallest absolute Gasteiger partial charge is 0.254 e. The minimum Gasteiger partial charge on any atom is -0.495 e. The lowest BCUT2D eigenvalue weighted by atomic mass is 10.1. The van der Waals surface area contributed by atoms with Crippen molar-refractivity contribution in [1.29, 1.82) is 0 Å². The first-order chi connectivity index (χ1) is 16.1. The summed E-state index contributed by atoms with van der Waals surface area (Å²) in [5.74, 6) is 0.662. The number of nitrogens with zero attached hydrogens (tertiary/aromatic N) is 2. The number of rotatable bonds is 9. The van der Waals surface area contributed by atoms with Gasteiger partial charge in [-0.3, -0.25) is 9.69 Å². The maximum absolute atomic E-state index is 13.6. The minimum atomic E-state index is -0.236. The van der Waals surface area contributed by atoms with Gasteiger partial charge in [0.25, 0.3) is 5.91 Å². The van der Waals surface area contributed by atoms with Crippen molar-refractivity contribution in [2.75, 3.05) is 53.7 Å². The van der Waals surface area contributed by atoms with Crippen LogP contribution in [0, 0.1) is 6.92 Å². The van der Waals surface area contributed by atoms with E-state index in [1.165, 1.54) is 0 Å². The molecule has 176 valence electrons. The summed E-state index contributed by atoms with van der Waals surface area (Å²) in [4.78, 5) is 16.0. The monoisotopic (exact) mass is 451 g/mol. The molecule has 0 saturated carbocycles. The molecule has 33 heavy (non-hydrogen) atoms. The molecule has 0 radical (unpaired) electrons. The molecule has 7 heteroatoms. The Balaban J connectivity index is 1.67. The van der Waals surface area contributed by atoms with Crippen LogP contribution in [-0.2, 0) is 16.0 Å². The van der Waals surface area contributed by atoms with Gasteiger partial charge in [-0.1, -0.05) is 42.5 Å². The molecule has 1 amide bonds. The predicted molar refractivity (Wildman–Crippen MR) is 129 cm³/mol. The molecule has 1 aliphatic rings. The van der Waals surface area contributed by atoms with E-state index in [4.69, 9.17) is 14.2 Å². The van der Waals surface area contributed by atoms with Crippen LogP contribution in [0.25, 0.3) is 10.9 Å². The highest BCUT2D eigenvalue weighted by Gasteiger charge is 2.25. The summed E-state index contributed by atoms with van der Waals surface area (Å²) in [7, 11) is 3.32. The summed E-state index contributed by atoms with van der Waals surface area (Å²) >= 11 is 0. The number of carbonyl (C=O) groups excluding carboxylic acids is 1. The topological polar surface area (TPSA) is 65.0 Å². The SMILES string of the molecule is COC[C@@H](NC(=O)c1c(C)n(CCN2CCOCC2)c2c(OC)cccc12)c1ccccc1. The second kappa shape index (κ2) is 10.8. The third-order valence-corrected chi connectivity index (χ3v) is 6.34. The maximum atomic E-state index is 13.6. The summed E-state index contributed by atoms with van der Waals surface area (Å²) < 4.78 is 18.8. The van der Waals surface area contributed by atoms with Gasteiger partial charge in [-0.15, -0.1) is 0 Å². The van der Waals surface area contributed by atoms with Crippen molar-refractivity contribution in [2.45, 2.75) is 19.5 Å². The largest absolute Gasteiger partial charge is 0.495 e. The summed E-state index contributed by atoms with van der Waals surface area (Å²) in [6.07, 6.45) is 0. The number of carbonyl (C=O) groups is 1. The molecule has 0 spiro atoms. The number of nitrogens with one attached hydrogen (secondary N) is 1. The number of methoxy groups -OCH3 is 2. The maximum Gasteiger partial charge on any atom is 0.254 e. The molecule has 1 N–H and O–H groups in total. The molecular formula is C26H33N3O4. The molecule has 3 aromatic rings. The van der Waals surface area contributed by atoms with Crippen LogP contribution < -0.4 is 10.1 Å². The Morgan fingerprint density at radius 1 is 1.06 bits per heavy atom. The lowest BCUT2D eigenvalue weighted by molar-refractivity contribution is 0.0365. The highest BCUT2D eigenvalue weighted by atomic mass is 16.5. The van der Waals surface area contributed by atoms with E-state index in [0.717, 1.165) is 67.3 Å². The molecule has 1 saturated heterocycles. The van der Waals surface area contributed by atoms with Crippen molar-refractivity contribution < 1.29 is 19.0 Å². The summed E-state index contributed by atoms with van der Waals surface area (Å²) in [5, 5.41) is 4.09. The van der Waals surface area contributed by atoms with Crippen molar-refractivity contribution in [1.82, 2.24) is 14.8 Å². The fourth-order valence-corrected chi connectivity index (χ4v) is 4.60. The standard InChI is InChI=1S/C26H33N3O4/c1-19-24(26(30)27-22(18-31-2)20-8-5-4-6-9-20)21-10-7-11-23(32-3)25(21)29(19)13-12-28-14-16-33-17-15-28/h4-11,22H,12-18H2,1-3H3,(H,27,30)/t22-/m1/s1. The third kappa shape index (κ3) is 5.05. The van der Waals surface area contributed by atoms with Crippen LogP contribution in [0.15, 0.2) is 48.5 Å². The Hall–Kier alpha value is -2.87. The van der Waals surface area contributed by atoms with Gasteiger partial charge in [0.05, 0.1) is 44.1 Å². The van der Waals surface area contributed by atoms with Gasteiger partial charge in [0, 0.05) is 44.4 Å². The fraction of sp³-hybridized carbons (Fsp3) is 0.423. The van der Waals surface area contributed by atoms with E-state index in [-0.39, 0.29) is 11.9 Å². The number of ether oxygens (including phenoxy) is 3. The van der Waals surface area contributed by atoms with Gasteiger partial charge in [0.1, 0.15) is 5.75 Å². The van der Waals surface area contributed by atoms with Crippen LogP contribution in [0.5, 0.6) is 5.75 Å². The lowest BCUT2D eigenvalue weighted by Crippen LogP contribution is -2.38. The van der Waals surface area contributed by atoms with Crippen molar-refractivity contribution in [3.8, 4) is 5.75 Å². The van der Waals surface area contributed by atoms with E-state index in [9.17, 15) is 4.79 Å². The quantitative estimate of drug-likeness (QED) is 0.540. The van der Waals surface area contributed by atoms with E-state index in [2.05, 4.69) is 14.8 Å². The van der Waals surface area contributed by atoms with Gasteiger partial charge in [-0.25, -0.2) is 0 Å². The molecule has 1 atom stereocenters. The third-order valence-electron chi connectivity index (χ3n) is 6.34. The average molecular weight is 452 g/mol. The zero-order valence-electron chi connectivity index (χ0n) is 19.7. The Labute approximate surface area is 195 Å². The van der Waals surface area contributed by atoms with Crippen LogP contribution in [-0.4, -0.2) is 69.0 Å². The second-order valence-electron chi connectivity index (χ2n) is 8.31. The first-order valence-electron chi connectivity index (χ1n) is 11.4. The first-order valence-corrected chi connectivity index (χ1v) is 11.4. The second-order valence-corrected chi connectivity index (χ2v) is 8.31. The zero-order valence-corrected chi connectivity index (χ0v) is 19.7. The van der Waals surface area contributed by atoms with E-state index >= 15 is 0 Å². The Morgan fingerprint density at radius 3 is 2.52 bits per heavy atom. The molecule has 1 aliphatic heterocycles. The van der Waals surface area contributed by atoms with Gasteiger partial charge in [0.15, 0.2) is 0 Å². The summed E-state index contributed by atoms with van der Waals surface area (Å²) in [6, 6.07) is 15.6. The number of aromatic nitrogens is 1. The predicted octanol–water partition coefficient (Wildman–Crippen LogP) is 3.41. The van der Waals surface area contributed by atoms with Crippen molar-refractivity contribution in [3.05, 3.63) is 65.4 Å². The highest BCUT2D eigenvalue weighted by molar-refractivity contribution is 6.09. The van der Waals surface area contributed by atoms with Gasteiger partial charge < -0.3 is 24.1 Å². The Bertz CT molecular complexity index is 1070. The van der Waals surface area contributed by atoms with Crippen LogP contribution in [0.4, 0.5) is 0 Å². The molecule has 0 aliphatic carbocycles. The minimum absolute atomic E-state index is 0.109. The van der Waals surface area contributed by atoms with Crippen molar-refractivity contribution in [2.24, 2.45) is 0 Å². The number of fused-ring (bicyclic) bond motifs is 1. The fourth-order valence-electron chi connectivity index (χ4n) is 4.60. The number of hydrogen-bond acceptors (Lipinski definition) is 5. The number of amides is 1. The van der Waals surface area contributed by atoms with Gasteiger partial charge in [0.2, 0.25) is 0 Å². The number of para-hydroxylation sites is 1. The van der Waals surface area contributed by atoms with Crippen LogP contribution in [0.3, 0.4) is 0 Å². The van der Waals surface area contributed by atoms with Crippen LogP contribution in [0.1, 0.15) is 27.7 Å². The molecule has 7 nitrogen and oxygen atoms in total. The zero-order chi connectivity index (χ0) is 23.2. The first kappa shape index (κ1) is 23.3. The van der Waals surface area contributed by atoms with Crippen molar-refractivity contribution >= 4 is 16.8 Å². The van der Waals surface area contributed by atoms with Crippen LogP contribution in [0.2, 0.25) is 0 Å². The lowest BCUT2D eigenvalue weighted by Gasteiger charge is -2.27. The van der Waals surface area contributed by atoms with E-state index < -0.39 is 0 Å². The highest BCUT2D eigenvalue weighted by Crippen LogP contribution is 2.33. The van der Waals surface area contributed by atoms with Crippen molar-refractivity contribution in [3.63, 3.8) is 0 Å². The molecule has 2 aromatic carbocycles. The number of hydrogen-bond donors (Lipinski definition) is 1. The number of benzene rings is 2. The summed E-state index contributed by atoms with van der Waals surface area (Å²) in [5.41, 5.74) is 3.59. The molecule has 4 rings (SSSR count). The van der Waals surface area contributed by atoms with E-state index in [0.29, 0.717) is 12.2 Å². The normalized spacial score (nSPS) is 15.5. The van der Waals surface area contributed by atoms with Gasteiger partial charge >= 0.3 is 0 Å². The average Bonchev–Trinajstić information content (AvgIpc) is 3.14. The van der Waals surface area contributed by atoms with Gasteiger partial charge in [-0.05, 0) is 18.6 Å². The van der Waals surface area contributed by atoms with Gasteiger partial charge in [-0.2, -0.15) is 0 Å². The Kier molecular flexibility index (Phi) is 7.65. The molecule has 0 unspecified atom stereocenters. The summed E-state index contributed by atoms with van der Waals surface area (Å²) in [6.45, 7) is 7.47. The van der Waals surface area contributed by atoms with E-state index in [1.54, 1.807) is 14.2 Å². The van der Waals surface area contributed by atoms with Crippen LogP contribution >= 0.6 is 0 Å².